The van der Waals surface area contributed by atoms with Gasteiger partial charge in [-0.1, -0.05) is 0 Å². The lowest BCUT2D eigenvalue weighted by atomic mass is 10.1. The molecule has 2 aromatic rings. The zero-order valence-electron chi connectivity index (χ0n) is 8.98. The summed E-state index contributed by atoms with van der Waals surface area (Å²) in [6.07, 6.45) is 1.83. The molecule has 2 aromatic heterocycles. The molecule has 0 bridgehead atoms. The van der Waals surface area contributed by atoms with Gasteiger partial charge in [0.1, 0.15) is 11.6 Å². The van der Waals surface area contributed by atoms with E-state index in [1.54, 1.807) is 10.7 Å². The topological polar surface area (TPSA) is 74.5 Å². The summed E-state index contributed by atoms with van der Waals surface area (Å²) in [6, 6.07) is 5.06. The van der Waals surface area contributed by atoms with Crippen LogP contribution >= 0.6 is 0 Å². The normalized spacial score (nSPS) is 10.1. The Balaban J connectivity index is 2.59. The number of nitrogens with one attached hydrogen (secondary N) is 1. The second-order valence-corrected chi connectivity index (χ2v) is 3.53. The van der Waals surface area contributed by atoms with Crippen LogP contribution in [0.4, 0.5) is 0 Å². The number of pyridine rings is 1. The van der Waals surface area contributed by atoms with E-state index in [4.69, 9.17) is 5.26 Å². The maximum atomic E-state index is 11.5. The quantitative estimate of drug-likeness (QED) is 0.768. The Bertz CT molecular complexity index is 630. The molecule has 0 fully saturated rings. The summed E-state index contributed by atoms with van der Waals surface area (Å²) in [6.45, 7) is 1.87. The number of aromatic nitrogens is 3. The number of nitrogens with zero attached hydrogens (tertiary/aromatic N) is 3. The molecule has 0 radical (unpaired) electrons. The van der Waals surface area contributed by atoms with Gasteiger partial charge in [0.25, 0.3) is 5.56 Å². The summed E-state index contributed by atoms with van der Waals surface area (Å²) in [4.78, 5) is 14.1. The second kappa shape index (κ2) is 3.66. The fourth-order valence-electron chi connectivity index (χ4n) is 1.58. The lowest BCUT2D eigenvalue weighted by Gasteiger charge is -1.98. The minimum absolute atomic E-state index is 0.116. The van der Waals surface area contributed by atoms with Gasteiger partial charge in [-0.3, -0.25) is 9.48 Å². The van der Waals surface area contributed by atoms with Gasteiger partial charge in [-0.25, -0.2) is 0 Å². The molecule has 0 amide bonds. The number of hydrogen-bond donors (Lipinski definition) is 1. The van der Waals surface area contributed by atoms with Gasteiger partial charge in [0.2, 0.25) is 0 Å². The van der Waals surface area contributed by atoms with E-state index in [-0.39, 0.29) is 11.1 Å². The van der Waals surface area contributed by atoms with Crippen LogP contribution < -0.4 is 5.56 Å². The van der Waals surface area contributed by atoms with Crippen molar-refractivity contribution in [3.63, 3.8) is 0 Å². The van der Waals surface area contributed by atoms with Crippen LogP contribution in [0.3, 0.4) is 0 Å². The zero-order valence-corrected chi connectivity index (χ0v) is 8.98. The number of aryl methyl sites for hydroxylation is 2. The van der Waals surface area contributed by atoms with Crippen molar-refractivity contribution in [1.82, 2.24) is 14.8 Å². The van der Waals surface area contributed by atoms with E-state index in [1.165, 1.54) is 6.07 Å². The zero-order chi connectivity index (χ0) is 11.7. The molecule has 0 spiro atoms. The molecule has 1 N–H and O–H groups in total. The van der Waals surface area contributed by atoms with E-state index in [0.29, 0.717) is 5.69 Å². The van der Waals surface area contributed by atoms with Crippen LogP contribution in [-0.2, 0) is 7.05 Å². The molecule has 0 unspecified atom stereocenters. The smallest absolute Gasteiger partial charge is 0.266 e. The summed E-state index contributed by atoms with van der Waals surface area (Å²) < 4.78 is 1.68. The van der Waals surface area contributed by atoms with E-state index >= 15 is 0 Å². The third-order valence-corrected chi connectivity index (χ3v) is 2.33. The van der Waals surface area contributed by atoms with Crippen molar-refractivity contribution < 1.29 is 0 Å². The summed E-state index contributed by atoms with van der Waals surface area (Å²) >= 11 is 0. The molecule has 0 atom stereocenters. The van der Waals surface area contributed by atoms with Crippen molar-refractivity contribution in [3.05, 3.63) is 39.9 Å². The molecule has 0 aliphatic carbocycles. The lowest BCUT2D eigenvalue weighted by Crippen LogP contribution is -2.10. The molecule has 2 heterocycles. The van der Waals surface area contributed by atoms with Crippen LogP contribution in [0, 0.1) is 18.3 Å². The van der Waals surface area contributed by atoms with Gasteiger partial charge in [-0.2, -0.15) is 10.4 Å². The first-order chi connectivity index (χ1) is 7.61. The first kappa shape index (κ1) is 10.2. The SMILES string of the molecule is Cc1nn(C)cc1-c1ccc(C#N)c(=O)[nH]1. The number of rotatable bonds is 1. The number of H-pyrrole nitrogens is 1. The Morgan fingerprint density at radius 3 is 2.75 bits per heavy atom. The van der Waals surface area contributed by atoms with Gasteiger partial charge in [0.15, 0.2) is 0 Å². The Hall–Kier alpha value is -2.35. The molecule has 2 rings (SSSR count). The third-order valence-electron chi connectivity index (χ3n) is 2.33. The van der Waals surface area contributed by atoms with Gasteiger partial charge in [0, 0.05) is 18.8 Å². The molecule has 5 nitrogen and oxygen atoms in total. The molecule has 0 saturated heterocycles. The average Bonchev–Trinajstić information content (AvgIpc) is 2.58. The lowest BCUT2D eigenvalue weighted by molar-refractivity contribution is 0.756. The number of aromatic amines is 1. The monoisotopic (exact) mass is 214 g/mol. The van der Waals surface area contributed by atoms with Crippen LogP contribution in [-0.4, -0.2) is 14.8 Å². The first-order valence-electron chi connectivity index (χ1n) is 4.76. The average molecular weight is 214 g/mol. The number of hydrogen-bond acceptors (Lipinski definition) is 3. The molecule has 0 aliphatic heterocycles. The largest absolute Gasteiger partial charge is 0.321 e. The predicted octanol–water partition coefficient (Wildman–Crippen LogP) is 0.956. The first-order valence-corrected chi connectivity index (χ1v) is 4.76. The van der Waals surface area contributed by atoms with Crippen LogP contribution in [0.5, 0.6) is 0 Å². The summed E-state index contributed by atoms with van der Waals surface area (Å²) in [5.74, 6) is 0. The van der Waals surface area contributed by atoms with E-state index < -0.39 is 0 Å². The fraction of sp³-hybridized carbons (Fsp3) is 0.182. The van der Waals surface area contributed by atoms with Gasteiger partial charge >= 0.3 is 0 Å². The van der Waals surface area contributed by atoms with E-state index in [9.17, 15) is 4.79 Å². The van der Waals surface area contributed by atoms with Crippen molar-refractivity contribution in [2.45, 2.75) is 6.92 Å². The highest BCUT2D eigenvalue weighted by Gasteiger charge is 2.07. The van der Waals surface area contributed by atoms with Crippen molar-refractivity contribution >= 4 is 0 Å². The molecule has 0 saturated carbocycles. The summed E-state index contributed by atoms with van der Waals surface area (Å²) in [5.41, 5.74) is 2.12. The van der Waals surface area contributed by atoms with Crippen LogP contribution in [0.1, 0.15) is 11.3 Å². The van der Waals surface area contributed by atoms with Gasteiger partial charge in [-0.15, -0.1) is 0 Å². The second-order valence-electron chi connectivity index (χ2n) is 3.53. The predicted molar refractivity (Wildman–Crippen MR) is 58.7 cm³/mol. The Labute approximate surface area is 92.0 Å². The molecule has 80 valence electrons. The van der Waals surface area contributed by atoms with Crippen LogP contribution in [0.15, 0.2) is 23.1 Å². The van der Waals surface area contributed by atoms with E-state index in [2.05, 4.69) is 10.1 Å². The minimum Gasteiger partial charge on any atom is -0.321 e. The third kappa shape index (κ3) is 1.61. The number of nitriles is 1. The highest BCUT2D eigenvalue weighted by molar-refractivity contribution is 5.61. The van der Waals surface area contributed by atoms with Gasteiger partial charge in [0.05, 0.1) is 11.4 Å². The van der Waals surface area contributed by atoms with Crippen molar-refractivity contribution in [3.8, 4) is 17.3 Å². The molecule has 16 heavy (non-hydrogen) atoms. The van der Waals surface area contributed by atoms with Gasteiger partial charge < -0.3 is 4.98 Å². The molecule has 0 aromatic carbocycles. The molecule has 0 aliphatic rings. The van der Waals surface area contributed by atoms with E-state index in [0.717, 1.165) is 11.3 Å². The highest BCUT2D eigenvalue weighted by atomic mass is 16.1. The molecule has 5 heteroatoms. The summed E-state index contributed by atoms with van der Waals surface area (Å²) in [5, 5.41) is 12.8. The summed E-state index contributed by atoms with van der Waals surface area (Å²) in [7, 11) is 1.82. The molecular formula is C11H10N4O. The highest BCUT2D eigenvalue weighted by Crippen LogP contribution is 2.18. The Morgan fingerprint density at radius 1 is 1.50 bits per heavy atom. The van der Waals surface area contributed by atoms with Crippen LogP contribution in [0.2, 0.25) is 0 Å². The minimum atomic E-state index is -0.372. The molecular weight excluding hydrogens is 204 g/mol. The Morgan fingerprint density at radius 2 is 2.25 bits per heavy atom. The maximum absolute atomic E-state index is 11.5. The fourth-order valence-corrected chi connectivity index (χ4v) is 1.58. The maximum Gasteiger partial charge on any atom is 0.266 e. The van der Waals surface area contributed by atoms with Crippen molar-refractivity contribution in [1.29, 1.82) is 5.26 Å². The van der Waals surface area contributed by atoms with Crippen molar-refractivity contribution in [2.75, 3.05) is 0 Å². The van der Waals surface area contributed by atoms with E-state index in [1.807, 2.05) is 26.2 Å². The van der Waals surface area contributed by atoms with Crippen molar-refractivity contribution in [2.24, 2.45) is 7.05 Å². The standard InChI is InChI=1S/C11H10N4O/c1-7-9(6-15(2)14-7)10-4-3-8(5-12)11(16)13-10/h3-4,6H,1-2H3,(H,13,16). The van der Waals surface area contributed by atoms with Crippen LogP contribution in [0.25, 0.3) is 11.3 Å². The van der Waals surface area contributed by atoms with Gasteiger partial charge in [-0.05, 0) is 19.1 Å². The Kier molecular flexibility index (Phi) is 2.33.